The Morgan fingerprint density at radius 2 is 1.96 bits per heavy atom. The third kappa shape index (κ3) is 2.83. The molecule has 1 aromatic carbocycles. The fraction of sp³-hybridized carbons (Fsp3) is 0.238. The van der Waals surface area contributed by atoms with E-state index in [1.165, 1.54) is 0 Å². The molecule has 1 amide bonds. The molecule has 6 heteroatoms. The maximum Gasteiger partial charge on any atom is 0.256 e. The second-order valence-electron chi connectivity index (χ2n) is 6.69. The summed E-state index contributed by atoms with van der Waals surface area (Å²) < 4.78 is 1.74. The largest absolute Gasteiger partial charge is 0.321 e. The van der Waals surface area contributed by atoms with E-state index in [1.54, 1.807) is 10.9 Å². The van der Waals surface area contributed by atoms with Crippen LogP contribution in [0.3, 0.4) is 0 Å². The van der Waals surface area contributed by atoms with Crippen LogP contribution in [0.15, 0.2) is 36.5 Å². The van der Waals surface area contributed by atoms with Gasteiger partial charge in [0, 0.05) is 23.5 Å². The Hall–Kier alpha value is -3.28. The summed E-state index contributed by atoms with van der Waals surface area (Å²) in [6.07, 6.45) is 2.44. The van der Waals surface area contributed by atoms with Crippen LogP contribution >= 0.6 is 0 Å². The number of amides is 1. The van der Waals surface area contributed by atoms with Gasteiger partial charge in [0.1, 0.15) is 0 Å². The molecule has 136 valence electrons. The quantitative estimate of drug-likeness (QED) is 0.601. The Morgan fingerprint density at radius 3 is 2.74 bits per heavy atom. The molecule has 3 heterocycles. The standard InChI is InChI=1S/C21H21N5O/c1-5-17-12(2)19(15-8-6-7-9-18(15)24-17)21(27)23-14-10-16-13(3)25-26(4)20(16)22-11-14/h6-11H,5H2,1-4H3,(H,23,27). The van der Waals surface area contributed by atoms with E-state index in [-0.39, 0.29) is 5.91 Å². The average Bonchev–Trinajstić information content (AvgIpc) is 2.94. The fourth-order valence-electron chi connectivity index (χ4n) is 3.56. The number of benzene rings is 1. The average molecular weight is 359 g/mol. The van der Waals surface area contributed by atoms with Crippen molar-refractivity contribution in [2.75, 3.05) is 5.32 Å². The number of nitrogens with one attached hydrogen (secondary N) is 1. The van der Waals surface area contributed by atoms with E-state index in [1.807, 2.05) is 51.2 Å². The Labute approximate surface area is 157 Å². The number of aromatic nitrogens is 4. The number of hydrogen-bond acceptors (Lipinski definition) is 4. The number of rotatable bonds is 3. The Morgan fingerprint density at radius 1 is 1.19 bits per heavy atom. The molecule has 4 rings (SSSR count). The van der Waals surface area contributed by atoms with Crippen LogP contribution in [0.25, 0.3) is 21.9 Å². The molecule has 0 spiro atoms. The van der Waals surface area contributed by atoms with Crippen molar-refractivity contribution < 1.29 is 4.79 Å². The highest BCUT2D eigenvalue weighted by Gasteiger charge is 2.18. The lowest BCUT2D eigenvalue weighted by Gasteiger charge is -2.14. The van der Waals surface area contributed by atoms with Crippen LogP contribution in [-0.2, 0) is 13.5 Å². The number of nitrogens with zero attached hydrogens (tertiary/aromatic N) is 4. The number of para-hydroxylation sites is 1. The van der Waals surface area contributed by atoms with E-state index < -0.39 is 0 Å². The van der Waals surface area contributed by atoms with Crippen molar-refractivity contribution in [1.29, 1.82) is 0 Å². The van der Waals surface area contributed by atoms with Gasteiger partial charge in [-0.1, -0.05) is 25.1 Å². The lowest BCUT2D eigenvalue weighted by molar-refractivity contribution is 0.102. The number of anilines is 1. The SMILES string of the molecule is CCc1nc2ccccc2c(C(=O)Nc2cnc3c(c2)c(C)nn3C)c1C. The molecular weight excluding hydrogens is 338 g/mol. The van der Waals surface area contributed by atoms with E-state index in [4.69, 9.17) is 4.98 Å². The van der Waals surface area contributed by atoms with Crippen LogP contribution in [0.4, 0.5) is 5.69 Å². The van der Waals surface area contributed by atoms with Crippen molar-refractivity contribution in [1.82, 2.24) is 19.7 Å². The minimum Gasteiger partial charge on any atom is -0.321 e. The van der Waals surface area contributed by atoms with E-state index >= 15 is 0 Å². The zero-order valence-electron chi connectivity index (χ0n) is 15.9. The minimum atomic E-state index is -0.150. The van der Waals surface area contributed by atoms with Crippen molar-refractivity contribution in [3.05, 3.63) is 59.0 Å². The first kappa shape index (κ1) is 17.1. The maximum absolute atomic E-state index is 13.2. The molecule has 0 aliphatic heterocycles. The van der Waals surface area contributed by atoms with Gasteiger partial charge in [0.05, 0.1) is 28.7 Å². The maximum atomic E-state index is 13.2. The Balaban J connectivity index is 1.79. The van der Waals surface area contributed by atoms with Gasteiger partial charge in [-0.15, -0.1) is 0 Å². The first-order valence-corrected chi connectivity index (χ1v) is 8.98. The molecule has 27 heavy (non-hydrogen) atoms. The molecule has 0 aliphatic carbocycles. The monoisotopic (exact) mass is 359 g/mol. The zero-order chi connectivity index (χ0) is 19.1. The third-order valence-electron chi connectivity index (χ3n) is 4.92. The summed E-state index contributed by atoms with van der Waals surface area (Å²) >= 11 is 0. The lowest BCUT2D eigenvalue weighted by atomic mass is 9.99. The topological polar surface area (TPSA) is 72.7 Å². The zero-order valence-corrected chi connectivity index (χ0v) is 15.9. The molecule has 0 bridgehead atoms. The van der Waals surface area contributed by atoms with Crippen molar-refractivity contribution in [3.63, 3.8) is 0 Å². The van der Waals surface area contributed by atoms with Crippen LogP contribution in [-0.4, -0.2) is 25.7 Å². The summed E-state index contributed by atoms with van der Waals surface area (Å²) in [6.45, 7) is 5.94. The fourth-order valence-corrected chi connectivity index (χ4v) is 3.56. The van der Waals surface area contributed by atoms with Crippen LogP contribution in [0, 0.1) is 13.8 Å². The molecule has 1 N–H and O–H groups in total. The van der Waals surface area contributed by atoms with Gasteiger partial charge < -0.3 is 5.32 Å². The Bertz CT molecular complexity index is 1190. The molecule has 0 atom stereocenters. The third-order valence-corrected chi connectivity index (χ3v) is 4.92. The highest BCUT2D eigenvalue weighted by molar-refractivity contribution is 6.13. The summed E-state index contributed by atoms with van der Waals surface area (Å²) in [5.41, 5.74) is 5.69. The van der Waals surface area contributed by atoms with E-state index in [0.717, 1.165) is 45.3 Å². The van der Waals surface area contributed by atoms with E-state index in [9.17, 15) is 4.79 Å². The summed E-state index contributed by atoms with van der Waals surface area (Å²) in [5.74, 6) is -0.150. The van der Waals surface area contributed by atoms with Crippen molar-refractivity contribution >= 4 is 33.5 Å². The van der Waals surface area contributed by atoms with Crippen molar-refractivity contribution in [2.24, 2.45) is 7.05 Å². The number of carbonyl (C=O) groups is 1. The second-order valence-corrected chi connectivity index (χ2v) is 6.69. The molecule has 0 aliphatic rings. The van der Waals surface area contributed by atoms with Crippen LogP contribution < -0.4 is 5.32 Å². The van der Waals surface area contributed by atoms with Gasteiger partial charge in [-0.25, -0.2) is 4.98 Å². The lowest BCUT2D eigenvalue weighted by Crippen LogP contribution is -2.16. The number of aryl methyl sites for hydroxylation is 3. The molecule has 0 fully saturated rings. The van der Waals surface area contributed by atoms with Gasteiger partial charge >= 0.3 is 0 Å². The van der Waals surface area contributed by atoms with Crippen molar-refractivity contribution in [3.8, 4) is 0 Å². The molecule has 0 radical (unpaired) electrons. The molecule has 0 unspecified atom stereocenters. The van der Waals surface area contributed by atoms with Crippen LogP contribution in [0.1, 0.15) is 34.2 Å². The van der Waals surface area contributed by atoms with Crippen LogP contribution in [0.2, 0.25) is 0 Å². The van der Waals surface area contributed by atoms with Crippen LogP contribution in [0.5, 0.6) is 0 Å². The van der Waals surface area contributed by atoms with Crippen molar-refractivity contribution in [2.45, 2.75) is 27.2 Å². The summed E-state index contributed by atoms with van der Waals surface area (Å²) in [5, 5.41) is 9.17. The van der Waals surface area contributed by atoms with Gasteiger partial charge in [-0.05, 0) is 38.0 Å². The van der Waals surface area contributed by atoms with Gasteiger partial charge in [0.25, 0.3) is 5.91 Å². The number of hydrogen-bond donors (Lipinski definition) is 1. The molecule has 6 nitrogen and oxygen atoms in total. The molecule has 3 aromatic heterocycles. The molecule has 4 aromatic rings. The summed E-state index contributed by atoms with van der Waals surface area (Å²) in [6, 6.07) is 9.67. The first-order chi connectivity index (χ1) is 13.0. The number of pyridine rings is 2. The van der Waals surface area contributed by atoms with E-state index in [0.29, 0.717) is 11.3 Å². The smallest absolute Gasteiger partial charge is 0.256 e. The second kappa shape index (κ2) is 6.46. The summed E-state index contributed by atoms with van der Waals surface area (Å²) in [4.78, 5) is 22.3. The first-order valence-electron chi connectivity index (χ1n) is 8.98. The highest BCUT2D eigenvalue weighted by atomic mass is 16.1. The van der Waals surface area contributed by atoms with Gasteiger partial charge in [-0.2, -0.15) is 5.10 Å². The normalized spacial score (nSPS) is 11.3. The predicted octanol–water partition coefficient (Wildman–Crippen LogP) is 3.95. The minimum absolute atomic E-state index is 0.150. The molecule has 0 saturated heterocycles. The molecule has 0 saturated carbocycles. The summed E-state index contributed by atoms with van der Waals surface area (Å²) in [7, 11) is 1.86. The Kier molecular flexibility index (Phi) is 4.11. The predicted molar refractivity (Wildman–Crippen MR) is 107 cm³/mol. The van der Waals surface area contributed by atoms with E-state index in [2.05, 4.69) is 22.3 Å². The number of fused-ring (bicyclic) bond motifs is 2. The molecular formula is C21H21N5O. The highest BCUT2D eigenvalue weighted by Crippen LogP contribution is 2.25. The van der Waals surface area contributed by atoms with Gasteiger partial charge in [-0.3, -0.25) is 14.5 Å². The number of carbonyl (C=O) groups excluding carboxylic acids is 1. The van der Waals surface area contributed by atoms with Gasteiger partial charge in [0.15, 0.2) is 5.65 Å². The van der Waals surface area contributed by atoms with Gasteiger partial charge in [0.2, 0.25) is 0 Å².